The van der Waals surface area contributed by atoms with Crippen molar-refractivity contribution in [3.8, 4) is 0 Å². The first-order valence-corrected chi connectivity index (χ1v) is 7.70. The van der Waals surface area contributed by atoms with E-state index in [-0.39, 0.29) is 6.04 Å². The Morgan fingerprint density at radius 2 is 1.70 bits per heavy atom. The van der Waals surface area contributed by atoms with E-state index in [1.54, 1.807) is 6.07 Å². The predicted molar refractivity (Wildman–Crippen MR) is 87.4 cm³/mol. The maximum Gasteiger partial charge on any atom is 0.416 e. The molecule has 0 bridgehead atoms. The third kappa shape index (κ3) is 5.28. The largest absolute Gasteiger partial charge is 0.416 e. The lowest BCUT2D eigenvalue weighted by molar-refractivity contribution is -0.137. The van der Waals surface area contributed by atoms with Crippen molar-refractivity contribution in [1.29, 1.82) is 0 Å². The van der Waals surface area contributed by atoms with Gasteiger partial charge in [0.2, 0.25) is 0 Å². The summed E-state index contributed by atoms with van der Waals surface area (Å²) in [6, 6.07) is 15.6. The van der Waals surface area contributed by atoms with Crippen LogP contribution in [0.3, 0.4) is 0 Å². The van der Waals surface area contributed by atoms with Crippen LogP contribution in [0.5, 0.6) is 0 Å². The average Bonchev–Trinajstić information content (AvgIpc) is 2.55. The molecule has 0 heterocycles. The molecule has 0 fully saturated rings. The van der Waals surface area contributed by atoms with E-state index in [1.807, 2.05) is 18.2 Å². The van der Waals surface area contributed by atoms with Crippen LogP contribution in [-0.4, -0.2) is 13.1 Å². The summed E-state index contributed by atoms with van der Waals surface area (Å²) in [5.74, 6) is 0. The van der Waals surface area contributed by atoms with Crippen molar-refractivity contribution in [2.24, 2.45) is 0 Å². The molecule has 0 radical (unpaired) electrons. The molecule has 2 nitrogen and oxygen atoms in total. The summed E-state index contributed by atoms with van der Waals surface area (Å²) >= 11 is 0. The van der Waals surface area contributed by atoms with Crippen LogP contribution in [0.1, 0.15) is 30.5 Å². The first-order valence-electron chi connectivity index (χ1n) is 7.70. The molecule has 2 aromatic rings. The maximum absolute atomic E-state index is 12.7. The lowest BCUT2D eigenvalue weighted by Crippen LogP contribution is -2.26. The van der Waals surface area contributed by atoms with Crippen molar-refractivity contribution < 1.29 is 13.2 Å². The minimum atomic E-state index is -4.31. The van der Waals surface area contributed by atoms with Gasteiger partial charge in [0, 0.05) is 24.8 Å². The fourth-order valence-electron chi connectivity index (χ4n) is 2.44. The van der Waals surface area contributed by atoms with Gasteiger partial charge in [-0.2, -0.15) is 13.2 Å². The van der Waals surface area contributed by atoms with E-state index in [0.29, 0.717) is 18.8 Å². The van der Waals surface area contributed by atoms with Gasteiger partial charge in [-0.15, -0.1) is 0 Å². The second-order valence-electron chi connectivity index (χ2n) is 5.33. The van der Waals surface area contributed by atoms with E-state index in [1.165, 1.54) is 11.6 Å². The summed E-state index contributed by atoms with van der Waals surface area (Å²) in [6.07, 6.45) is -3.36. The highest BCUT2D eigenvalue weighted by Crippen LogP contribution is 2.30. The lowest BCUT2D eigenvalue weighted by atomic mass is 10.0. The third-order valence-electron chi connectivity index (χ3n) is 3.64. The summed E-state index contributed by atoms with van der Waals surface area (Å²) in [4.78, 5) is 0. The van der Waals surface area contributed by atoms with Crippen LogP contribution in [0.2, 0.25) is 0 Å². The molecule has 1 atom stereocenters. The Bertz CT molecular complexity index is 597. The first kappa shape index (κ1) is 17.3. The van der Waals surface area contributed by atoms with Crippen LogP contribution in [-0.2, 0) is 6.18 Å². The highest BCUT2D eigenvalue weighted by atomic mass is 19.4. The molecule has 5 heteroatoms. The molecule has 2 N–H and O–H groups in total. The molecular formula is C18H21F3N2. The number of hydrogen-bond donors (Lipinski definition) is 2. The minimum absolute atomic E-state index is 0.250. The van der Waals surface area contributed by atoms with E-state index >= 15 is 0 Å². The minimum Gasteiger partial charge on any atom is -0.384 e. The molecule has 0 aromatic heterocycles. The van der Waals surface area contributed by atoms with Gasteiger partial charge in [-0.05, 0) is 30.2 Å². The van der Waals surface area contributed by atoms with Crippen LogP contribution in [0.25, 0.3) is 0 Å². The van der Waals surface area contributed by atoms with Crippen molar-refractivity contribution >= 4 is 5.69 Å². The third-order valence-corrected chi connectivity index (χ3v) is 3.64. The van der Waals surface area contributed by atoms with E-state index < -0.39 is 11.7 Å². The van der Waals surface area contributed by atoms with Gasteiger partial charge in [0.25, 0.3) is 0 Å². The van der Waals surface area contributed by atoms with Gasteiger partial charge in [0.15, 0.2) is 0 Å². The molecule has 0 aliphatic rings. The second-order valence-corrected chi connectivity index (χ2v) is 5.33. The molecule has 0 saturated heterocycles. The normalized spacial score (nSPS) is 12.9. The zero-order valence-corrected chi connectivity index (χ0v) is 13.0. The molecule has 23 heavy (non-hydrogen) atoms. The van der Waals surface area contributed by atoms with Crippen LogP contribution in [0, 0.1) is 0 Å². The molecule has 0 aliphatic carbocycles. The zero-order valence-electron chi connectivity index (χ0n) is 13.0. The Morgan fingerprint density at radius 1 is 0.957 bits per heavy atom. The Kier molecular flexibility index (Phi) is 6.04. The van der Waals surface area contributed by atoms with Gasteiger partial charge >= 0.3 is 6.18 Å². The molecular weight excluding hydrogens is 301 g/mol. The highest BCUT2D eigenvalue weighted by molar-refractivity contribution is 5.46. The Labute approximate surface area is 134 Å². The van der Waals surface area contributed by atoms with Crippen molar-refractivity contribution in [2.75, 3.05) is 18.4 Å². The number of hydrogen-bond acceptors (Lipinski definition) is 2. The smallest absolute Gasteiger partial charge is 0.384 e. The van der Waals surface area contributed by atoms with Crippen molar-refractivity contribution in [3.63, 3.8) is 0 Å². The fraction of sp³-hybridized carbons (Fsp3) is 0.333. The van der Waals surface area contributed by atoms with E-state index in [2.05, 4.69) is 29.7 Å². The van der Waals surface area contributed by atoms with Gasteiger partial charge in [-0.3, -0.25) is 0 Å². The van der Waals surface area contributed by atoms with Gasteiger partial charge in [0.05, 0.1) is 5.56 Å². The van der Waals surface area contributed by atoms with E-state index in [9.17, 15) is 13.2 Å². The number of benzene rings is 2. The Morgan fingerprint density at radius 3 is 2.35 bits per heavy atom. The van der Waals surface area contributed by atoms with Gasteiger partial charge in [-0.1, -0.05) is 43.3 Å². The van der Waals surface area contributed by atoms with E-state index in [0.717, 1.165) is 18.6 Å². The number of alkyl halides is 3. The summed E-state index contributed by atoms with van der Waals surface area (Å²) in [7, 11) is 0. The highest BCUT2D eigenvalue weighted by Gasteiger charge is 2.30. The standard InChI is InChI=1S/C18H21F3N2/c1-2-17(14-7-4-3-5-8-14)23-12-11-22-16-10-6-9-15(13-16)18(19,20)21/h3-10,13,17,22-23H,2,11-12H2,1H3. The monoisotopic (exact) mass is 322 g/mol. The molecule has 124 valence electrons. The topological polar surface area (TPSA) is 24.1 Å². The lowest BCUT2D eigenvalue weighted by Gasteiger charge is -2.18. The zero-order chi connectivity index (χ0) is 16.7. The molecule has 1 unspecified atom stereocenters. The predicted octanol–water partition coefficient (Wildman–Crippen LogP) is 4.86. The van der Waals surface area contributed by atoms with Crippen molar-refractivity contribution in [2.45, 2.75) is 25.6 Å². The molecule has 0 aliphatic heterocycles. The number of rotatable bonds is 7. The van der Waals surface area contributed by atoms with Crippen LogP contribution >= 0.6 is 0 Å². The molecule has 2 aromatic carbocycles. The number of halogens is 3. The first-order chi connectivity index (χ1) is 11.0. The second kappa shape index (κ2) is 8.02. The Balaban J connectivity index is 1.83. The summed E-state index contributed by atoms with van der Waals surface area (Å²) < 4.78 is 38.0. The van der Waals surface area contributed by atoms with Gasteiger partial charge in [0.1, 0.15) is 0 Å². The molecule has 2 rings (SSSR count). The number of anilines is 1. The maximum atomic E-state index is 12.7. The van der Waals surface area contributed by atoms with E-state index in [4.69, 9.17) is 0 Å². The number of nitrogens with one attached hydrogen (secondary N) is 2. The van der Waals surface area contributed by atoms with Crippen LogP contribution in [0.15, 0.2) is 54.6 Å². The summed E-state index contributed by atoms with van der Waals surface area (Å²) in [5.41, 5.74) is 1.06. The van der Waals surface area contributed by atoms with Crippen LogP contribution < -0.4 is 10.6 Å². The van der Waals surface area contributed by atoms with Crippen molar-refractivity contribution in [3.05, 3.63) is 65.7 Å². The summed E-state index contributed by atoms with van der Waals surface area (Å²) in [5, 5.41) is 6.44. The van der Waals surface area contributed by atoms with Gasteiger partial charge < -0.3 is 10.6 Å². The summed E-state index contributed by atoms with van der Waals surface area (Å²) in [6.45, 7) is 3.33. The Hall–Kier alpha value is -2.01. The molecule has 0 spiro atoms. The average molecular weight is 322 g/mol. The molecule has 0 saturated carbocycles. The molecule has 0 amide bonds. The fourth-order valence-corrected chi connectivity index (χ4v) is 2.44. The SMILES string of the molecule is CCC(NCCNc1cccc(C(F)(F)F)c1)c1ccccc1. The van der Waals surface area contributed by atoms with Crippen molar-refractivity contribution in [1.82, 2.24) is 5.32 Å². The quantitative estimate of drug-likeness (QED) is 0.712. The van der Waals surface area contributed by atoms with Crippen LogP contribution in [0.4, 0.5) is 18.9 Å². The van der Waals surface area contributed by atoms with Gasteiger partial charge in [-0.25, -0.2) is 0 Å².